The molecule has 1 saturated heterocycles. The largest absolute Gasteiger partial charge is 0.465 e. The number of likely N-dealkylation sites (tertiary alicyclic amines) is 1. The lowest BCUT2D eigenvalue weighted by molar-refractivity contribution is -0.152. The molecule has 6 heteroatoms. The van der Waals surface area contributed by atoms with Crippen molar-refractivity contribution >= 4 is 11.8 Å². The SMILES string of the molecule is CCOC(=O)C1(c2ccccc2Oc2ccccc2)CCN(CCCC(=O)c2ccc(F)cc2)CC1. The van der Waals surface area contributed by atoms with E-state index in [0.717, 1.165) is 12.1 Å². The van der Waals surface area contributed by atoms with Crippen molar-refractivity contribution in [2.24, 2.45) is 0 Å². The summed E-state index contributed by atoms with van der Waals surface area (Å²) in [5, 5.41) is 0. The van der Waals surface area contributed by atoms with Gasteiger partial charge in [-0.1, -0.05) is 36.4 Å². The molecule has 0 radical (unpaired) electrons. The van der Waals surface area contributed by atoms with Crippen LogP contribution in [0.25, 0.3) is 0 Å². The Labute approximate surface area is 211 Å². The molecule has 36 heavy (non-hydrogen) atoms. The van der Waals surface area contributed by atoms with Crippen molar-refractivity contribution < 1.29 is 23.5 Å². The van der Waals surface area contributed by atoms with Crippen LogP contribution >= 0.6 is 0 Å². The zero-order valence-corrected chi connectivity index (χ0v) is 20.6. The summed E-state index contributed by atoms with van der Waals surface area (Å²) in [4.78, 5) is 28.1. The minimum Gasteiger partial charge on any atom is -0.465 e. The number of carbonyl (C=O) groups excluding carboxylic acids is 2. The molecular weight excluding hydrogens is 457 g/mol. The van der Waals surface area contributed by atoms with Gasteiger partial charge in [0.05, 0.1) is 12.0 Å². The molecule has 1 heterocycles. The second kappa shape index (κ2) is 12.0. The third-order valence-corrected chi connectivity index (χ3v) is 6.79. The topological polar surface area (TPSA) is 55.8 Å². The van der Waals surface area contributed by atoms with Gasteiger partial charge in [-0.3, -0.25) is 9.59 Å². The van der Waals surface area contributed by atoms with Crippen LogP contribution in [0, 0.1) is 5.82 Å². The van der Waals surface area contributed by atoms with Crippen molar-refractivity contribution in [2.45, 2.75) is 38.0 Å². The molecule has 3 aromatic rings. The molecule has 0 amide bonds. The fourth-order valence-electron chi connectivity index (χ4n) is 4.82. The van der Waals surface area contributed by atoms with Crippen molar-refractivity contribution in [1.29, 1.82) is 0 Å². The van der Waals surface area contributed by atoms with Crippen molar-refractivity contribution in [3.63, 3.8) is 0 Å². The van der Waals surface area contributed by atoms with Crippen molar-refractivity contribution in [3.05, 3.63) is 95.8 Å². The van der Waals surface area contributed by atoms with Crippen LogP contribution in [-0.4, -0.2) is 42.9 Å². The van der Waals surface area contributed by atoms with E-state index in [2.05, 4.69) is 4.90 Å². The standard InChI is InChI=1S/C30H32FNO4/c1-2-35-29(34)30(26-11-6-7-13-28(26)36-25-9-4-3-5-10-25)18-21-32(22-19-30)20-8-12-27(33)23-14-16-24(31)17-15-23/h3-7,9-11,13-17H,2,8,12,18-22H2,1H3. The number of ketones is 1. The molecule has 0 aliphatic carbocycles. The minimum atomic E-state index is -0.790. The van der Waals surface area contributed by atoms with Crippen molar-refractivity contribution in [1.82, 2.24) is 4.90 Å². The van der Waals surface area contributed by atoms with Crippen LogP contribution in [0.4, 0.5) is 4.39 Å². The maximum Gasteiger partial charge on any atom is 0.316 e. The fraction of sp³-hybridized carbons (Fsp3) is 0.333. The van der Waals surface area contributed by atoms with Crippen LogP contribution in [0.1, 0.15) is 48.5 Å². The highest BCUT2D eigenvalue weighted by Gasteiger charge is 2.46. The Hall–Kier alpha value is -3.51. The van der Waals surface area contributed by atoms with Gasteiger partial charge in [0.25, 0.3) is 0 Å². The number of nitrogens with zero attached hydrogens (tertiary/aromatic N) is 1. The molecule has 0 atom stereocenters. The van der Waals surface area contributed by atoms with Gasteiger partial charge in [-0.15, -0.1) is 0 Å². The number of ether oxygens (including phenoxy) is 2. The van der Waals surface area contributed by atoms with Gasteiger partial charge < -0.3 is 14.4 Å². The van der Waals surface area contributed by atoms with Gasteiger partial charge in [0.15, 0.2) is 5.78 Å². The number of carbonyl (C=O) groups is 2. The third-order valence-electron chi connectivity index (χ3n) is 6.79. The Morgan fingerprint density at radius 3 is 2.28 bits per heavy atom. The molecule has 0 saturated carbocycles. The number of hydrogen-bond donors (Lipinski definition) is 0. The third kappa shape index (κ3) is 6.00. The van der Waals surface area contributed by atoms with Gasteiger partial charge in [0, 0.05) is 17.5 Å². The monoisotopic (exact) mass is 489 g/mol. The van der Waals surface area contributed by atoms with Gasteiger partial charge in [-0.05, 0) is 88.3 Å². The Bertz CT molecular complexity index is 1160. The molecular formula is C30H32FNO4. The number of piperidine rings is 1. The van der Waals surface area contributed by atoms with E-state index in [-0.39, 0.29) is 17.6 Å². The molecule has 1 fully saturated rings. The highest BCUT2D eigenvalue weighted by atomic mass is 19.1. The summed E-state index contributed by atoms with van der Waals surface area (Å²) in [7, 11) is 0. The number of benzene rings is 3. The van der Waals surface area contributed by atoms with E-state index in [4.69, 9.17) is 9.47 Å². The number of esters is 1. The molecule has 3 aromatic carbocycles. The summed E-state index contributed by atoms with van der Waals surface area (Å²) in [5.41, 5.74) is 0.590. The number of Topliss-reactive ketones (excluding diaryl/α,β-unsaturated/α-hetero) is 1. The molecule has 0 unspecified atom stereocenters. The minimum absolute atomic E-state index is 0.0138. The van der Waals surface area contributed by atoms with Crippen LogP contribution < -0.4 is 4.74 Å². The average molecular weight is 490 g/mol. The number of para-hydroxylation sites is 2. The number of hydrogen-bond acceptors (Lipinski definition) is 5. The van der Waals surface area contributed by atoms with E-state index < -0.39 is 5.41 Å². The molecule has 0 aromatic heterocycles. The maximum absolute atomic E-state index is 13.3. The van der Waals surface area contributed by atoms with E-state index in [1.807, 2.05) is 61.5 Å². The highest BCUT2D eigenvalue weighted by Crippen LogP contribution is 2.42. The second-order valence-corrected chi connectivity index (χ2v) is 9.09. The molecule has 1 aliphatic rings. The van der Waals surface area contributed by atoms with Crippen molar-refractivity contribution in [2.75, 3.05) is 26.2 Å². The van der Waals surface area contributed by atoms with E-state index in [1.54, 1.807) is 0 Å². The Morgan fingerprint density at radius 2 is 1.58 bits per heavy atom. The molecule has 4 rings (SSSR count). The highest BCUT2D eigenvalue weighted by molar-refractivity contribution is 5.96. The van der Waals surface area contributed by atoms with Gasteiger partial charge in [-0.2, -0.15) is 0 Å². The zero-order chi connectivity index (χ0) is 25.4. The van der Waals surface area contributed by atoms with Crippen LogP contribution in [0.15, 0.2) is 78.9 Å². The summed E-state index contributed by atoms with van der Waals surface area (Å²) in [6, 6.07) is 22.9. The molecule has 0 N–H and O–H groups in total. The first-order valence-electron chi connectivity index (χ1n) is 12.5. The maximum atomic E-state index is 13.3. The summed E-state index contributed by atoms with van der Waals surface area (Å²) < 4.78 is 24.9. The van der Waals surface area contributed by atoms with Gasteiger partial charge in [0.2, 0.25) is 0 Å². The van der Waals surface area contributed by atoms with E-state index in [1.165, 1.54) is 24.3 Å². The fourth-order valence-corrected chi connectivity index (χ4v) is 4.82. The molecule has 1 aliphatic heterocycles. The van der Waals surface area contributed by atoms with Crippen LogP contribution in [0.3, 0.4) is 0 Å². The van der Waals surface area contributed by atoms with Crippen LogP contribution in [0.5, 0.6) is 11.5 Å². The predicted molar refractivity (Wildman–Crippen MR) is 137 cm³/mol. The van der Waals surface area contributed by atoms with Crippen LogP contribution in [0.2, 0.25) is 0 Å². The summed E-state index contributed by atoms with van der Waals surface area (Å²) in [5.74, 6) is 0.822. The van der Waals surface area contributed by atoms with Crippen molar-refractivity contribution in [3.8, 4) is 11.5 Å². The number of rotatable bonds is 10. The first-order valence-corrected chi connectivity index (χ1v) is 12.5. The summed E-state index contributed by atoms with van der Waals surface area (Å²) >= 11 is 0. The Balaban J connectivity index is 1.43. The zero-order valence-electron chi connectivity index (χ0n) is 20.6. The smallest absolute Gasteiger partial charge is 0.316 e. The van der Waals surface area contributed by atoms with E-state index in [9.17, 15) is 14.0 Å². The van der Waals surface area contributed by atoms with E-state index in [0.29, 0.717) is 62.4 Å². The lowest BCUT2D eigenvalue weighted by Gasteiger charge is -2.40. The lowest BCUT2D eigenvalue weighted by atomic mass is 9.72. The Kier molecular flexibility index (Phi) is 8.49. The number of halogens is 1. The first kappa shape index (κ1) is 25.6. The van der Waals surface area contributed by atoms with Gasteiger partial charge in [0.1, 0.15) is 17.3 Å². The predicted octanol–water partition coefficient (Wildman–Crippen LogP) is 6.18. The molecule has 188 valence electrons. The molecule has 0 bridgehead atoms. The second-order valence-electron chi connectivity index (χ2n) is 9.09. The average Bonchev–Trinajstić information content (AvgIpc) is 2.90. The quantitative estimate of drug-likeness (QED) is 0.252. The molecule has 0 spiro atoms. The van der Waals surface area contributed by atoms with Gasteiger partial charge in [-0.25, -0.2) is 4.39 Å². The first-order chi connectivity index (χ1) is 17.5. The van der Waals surface area contributed by atoms with Crippen LogP contribution in [-0.2, 0) is 14.9 Å². The normalized spacial score (nSPS) is 15.3. The molecule has 5 nitrogen and oxygen atoms in total. The summed E-state index contributed by atoms with van der Waals surface area (Å²) in [6.07, 6.45) is 2.31. The summed E-state index contributed by atoms with van der Waals surface area (Å²) in [6.45, 7) is 4.32. The Morgan fingerprint density at radius 1 is 0.917 bits per heavy atom. The van der Waals surface area contributed by atoms with Gasteiger partial charge >= 0.3 is 5.97 Å². The lowest BCUT2D eigenvalue weighted by Crippen LogP contribution is -2.48. The van der Waals surface area contributed by atoms with E-state index >= 15 is 0 Å².